The van der Waals surface area contributed by atoms with Gasteiger partial charge in [-0.3, -0.25) is 4.79 Å². The Labute approximate surface area is 184 Å². The van der Waals surface area contributed by atoms with Crippen LogP contribution in [0.4, 0.5) is 0 Å². The second-order valence-electron chi connectivity index (χ2n) is 10.8. The smallest absolute Gasteiger partial charge is 0.306 e. The van der Waals surface area contributed by atoms with Crippen molar-refractivity contribution in [3.05, 3.63) is 0 Å². The van der Waals surface area contributed by atoms with E-state index in [0.29, 0.717) is 23.5 Å². The van der Waals surface area contributed by atoms with Crippen LogP contribution in [0.1, 0.15) is 123 Å². The summed E-state index contributed by atoms with van der Waals surface area (Å²) in [5, 5.41) is 9.03. The number of carbonyl (C=O) groups is 1. The van der Waals surface area contributed by atoms with Crippen molar-refractivity contribution in [3.8, 4) is 0 Å². The predicted molar refractivity (Wildman–Crippen MR) is 121 cm³/mol. The fourth-order valence-electron chi connectivity index (χ4n) is 5.89. The van der Waals surface area contributed by atoms with Crippen molar-refractivity contribution in [1.82, 2.24) is 0 Å². The molecule has 30 heavy (non-hydrogen) atoms. The van der Waals surface area contributed by atoms with Crippen LogP contribution in [0, 0.1) is 11.3 Å². The highest BCUT2D eigenvalue weighted by molar-refractivity contribution is 5.67. The summed E-state index contributed by atoms with van der Waals surface area (Å²) in [6, 6.07) is 0. The van der Waals surface area contributed by atoms with Crippen LogP contribution >= 0.6 is 0 Å². The zero-order valence-electron chi connectivity index (χ0n) is 19.6. The van der Waals surface area contributed by atoms with E-state index in [1.54, 1.807) is 0 Å². The number of hydrogen-bond donors (Lipinski definition) is 1. The zero-order chi connectivity index (χ0) is 21.4. The first-order valence-corrected chi connectivity index (χ1v) is 13.0. The van der Waals surface area contributed by atoms with Crippen LogP contribution in [0.15, 0.2) is 0 Å². The number of rotatable bonds is 16. The fourth-order valence-corrected chi connectivity index (χ4v) is 5.89. The first-order chi connectivity index (χ1) is 14.5. The second-order valence-corrected chi connectivity index (χ2v) is 10.8. The van der Waals surface area contributed by atoms with E-state index in [2.05, 4.69) is 13.8 Å². The Morgan fingerprint density at radius 3 is 2.33 bits per heavy atom. The van der Waals surface area contributed by atoms with E-state index in [9.17, 15) is 4.79 Å². The summed E-state index contributed by atoms with van der Waals surface area (Å²) in [6.45, 7) is 4.75. The fraction of sp³-hybridized carbons (Fsp3) is 0.962. The van der Waals surface area contributed by atoms with Crippen LogP contribution in [0.3, 0.4) is 0 Å². The van der Waals surface area contributed by atoms with Crippen molar-refractivity contribution in [2.45, 2.75) is 147 Å². The molecule has 0 spiro atoms. The molecule has 174 valence electrons. The quantitative estimate of drug-likeness (QED) is 0.217. The number of aliphatic carboxylic acids is 1. The number of unbranched alkanes of at least 4 members (excludes halogenated alkanes) is 5. The molecule has 4 heteroatoms. The van der Waals surface area contributed by atoms with Crippen LogP contribution in [0.25, 0.3) is 0 Å². The number of ether oxygens (including phenoxy) is 2. The van der Waals surface area contributed by atoms with Crippen molar-refractivity contribution in [2.24, 2.45) is 11.3 Å². The van der Waals surface area contributed by atoms with Gasteiger partial charge in [-0.05, 0) is 56.3 Å². The van der Waals surface area contributed by atoms with Crippen LogP contribution in [-0.4, -0.2) is 35.5 Å². The van der Waals surface area contributed by atoms with Crippen LogP contribution < -0.4 is 0 Å². The summed E-state index contributed by atoms with van der Waals surface area (Å²) >= 11 is 0. The zero-order valence-corrected chi connectivity index (χ0v) is 19.6. The van der Waals surface area contributed by atoms with Crippen molar-refractivity contribution in [2.75, 3.05) is 0 Å². The van der Waals surface area contributed by atoms with Crippen molar-refractivity contribution >= 4 is 5.97 Å². The number of carboxylic acids is 1. The van der Waals surface area contributed by atoms with E-state index < -0.39 is 5.97 Å². The molecule has 0 aromatic carbocycles. The predicted octanol–water partition coefficient (Wildman–Crippen LogP) is 6.89. The third-order valence-electron chi connectivity index (χ3n) is 7.86. The number of hydrogen-bond acceptors (Lipinski definition) is 3. The van der Waals surface area contributed by atoms with E-state index in [0.717, 1.165) is 6.42 Å². The van der Waals surface area contributed by atoms with Gasteiger partial charge in [0.15, 0.2) is 0 Å². The lowest BCUT2D eigenvalue weighted by Gasteiger charge is -2.37. The van der Waals surface area contributed by atoms with Gasteiger partial charge >= 0.3 is 5.97 Å². The summed E-state index contributed by atoms with van der Waals surface area (Å²) in [7, 11) is 0. The monoisotopic (exact) mass is 422 g/mol. The largest absolute Gasteiger partial charge is 0.481 e. The highest BCUT2D eigenvalue weighted by atomic mass is 16.6. The normalized spacial score (nSPS) is 30.7. The van der Waals surface area contributed by atoms with Gasteiger partial charge in [0, 0.05) is 0 Å². The van der Waals surface area contributed by atoms with Gasteiger partial charge in [0.1, 0.15) is 0 Å². The Balaban J connectivity index is 1.37. The first-order valence-electron chi connectivity index (χ1n) is 13.0. The van der Waals surface area contributed by atoms with Gasteiger partial charge < -0.3 is 14.6 Å². The molecule has 2 saturated heterocycles. The van der Waals surface area contributed by atoms with Crippen molar-refractivity contribution < 1.29 is 19.4 Å². The van der Waals surface area contributed by atoms with Gasteiger partial charge in [-0.25, -0.2) is 0 Å². The summed E-state index contributed by atoms with van der Waals surface area (Å²) in [4.78, 5) is 11.0. The van der Waals surface area contributed by atoms with E-state index >= 15 is 0 Å². The van der Waals surface area contributed by atoms with E-state index in [1.165, 1.54) is 96.3 Å². The summed E-state index contributed by atoms with van der Waals surface area (Å²) < 4.78 is 11.7. The second kappa shape index (κ2) is 11.9. The molecule has 0 aromatic rings. The summed E-state index contributed by atoms with van der Waals surface area (Å²) in [5.74, 6) is -0.0852. The molecule has 2 aliphatic heterocycles. The lowest BCUT2D eigenvalue weighted by atomic mass is 9.69. The molecule has 0 amide bonds. The van der Waals surface area contributed by atoms with Crippen molar-refractivity contribution in [1.29, 1.82) is 0 Å². The number of carboxylic acid groups (broad SMARTS) is 1. The van der Waals surface area contributed by atoms with Gasteiger partial charge in [0.2, 0.25) is 0 Å². The van der Waals surface area contributed by atoms with Gasteiger partial charge in [-0.2, -0.15) is 0 Å². The molecule has 2 heterocycles. The lowest BCUT2D eigenvalue weighted by molar-refractivity contribution is -0.137. The lowest BCUT2D eigenvalue weighted by Crippen LogP contribution is -2.25. The Hall–Kier alpha value is -0.610. The Kier molecular flexibility index (Phi) is 9.50. The minimum absolute atomic E-state index is 0.0400. The van der Waals surface area contributed by atoms with Gasteiger partial charge in [-0.15, -0.1) is 0 Å². The maximum atomic E-state index is 11.0. The minimum Gasteiger partial charge on any atom is -0.481 e. The molecule has 5 unspecified atom stereocenters. The minimum atomic E-state index is -0.734. The first kappa shape index (κ1) is 24.0. The molecule has 1 saturated carbocycles. The van der Waals surface area contributed by atoms with E-state index in [4.69, 9.17) is 14.6 Å². The van der Waals surface area contributed by atoms with Crippen LogP contribution in [0.2, 0.25) is 0 Å². The average molecular weight is 423 g/mol. The van der Waals surface area contributed by atoms with E-state index in [1.807, 2.05) is 0 Å². The molecule has 0 bridgehead atoms. The molecule has 3 aliphatic rings. The summed E-state index contributed by atoms with van der Waals surface area (Å²) in [5.41, 5.74) is 0.475. The topological polar surface area (TPSA) is 62.4 Å². The molecule has 4 nitrogen and oxygen atoms in total. The van der Waals surface area contributed by atoms with Gasteiger partial charge in [0.25, 0.3) is 0 Å². The molecular formula is C26H46O4. The maximum absolute atomic E-state index is 11.0. The molecule has 3 fully saturated rings. The highest BCUT2D eigenvalue weighted by Gasteiger charge is 2.44. The Morgan fingerprint density at radius 1 is 0.933 bits per heavy atom. The molecule has 0 aromatic heterocycles. The average Bonchev–Trinajstić information content (AvgIpc) is 3.61. The SMILES string of the molecule is CCCCCCCCC1OC1CCC(CC1OC1CC(=O)O)CC1(C)CCCCC1. The third kappa shape index (κ3) is 8.49. The van der Waals surface area contributed by atoms with Crippen molar-refractivity contribution in [3.63, 3.8) is 0 Å². The maximum Gasteiger partial charge on any atom is 0.306 e. The molecule has 5 atom stereocenters. The molecule has 0 radical (unpaired) electrons. The molecular weight excluding hydrogens is 376 g/mol. The Bertz CT molecular complexity index is 513. The molecule has 3 rings (SSSR count). The van der Waals surface area contributed by atoms with Gasteiger partial charge in [-0.1, -0.05) is 71.6 Å². The molecule has 1 N–H and O–H groups in total. The molecule has 1 aliphatic carbocycles. The van der Waals surface area contributed by atoms with Crippen LogP contribution in [-0.2, 0) is 14.3 Å². The summed E-state index contributed by atoms with van der Waals surface area (Å²) in [6.07, 6.45) is 22.2. The third-order valence-corrected chi connectivity index (χ3v) is 7.86. The van der Waals surface area contributed by atoms with Gasteiger partial charge in [0.05, 0.1) is 30.8 Å². The highest BCUT2D eigenvalue weighted by Crippen LogP contribution is 2.45. The van der Waals surface area contributed by atoms with Crippen LogP contribution in [0.5, 0.6) is 0 Å². The van der Waals surface area contributed by atoms with E-state index in [-0.39, 0.29) is 18.6 Å². The number of epoxide rings is 2. The standard InChI is InChI=1S/C26H46O4/c1-3-4-5-6-7-9-12-21-22(29-21)14-13-20(17-23-24(30-23)18-25(27)28)19-26(2)15-10-8-11-16-26/h20-24H,3-19H2,1-2H3,(H,27,28). The Morgan fingerprint density at radius 2 is 1.60 bits per heavy atom.